The average Bonchev–Trinajstić information content (AvgIpc) is 3.11. The van der Waals surface area contributed by atoms with E-state index >= 15 is 0 Å². The molecule has 0 bridgehead atoms. The van der Waals surface area contributed by atoms with E-state index in [0.29, 0.717) is 23.1 Å². The van der Waals surface area contributed by atoms with Gasteiger partial charge < -0.3 is 25.0 Å². The molecule has 1 aliphatic rings. The van der Waals surface area contributed by atoms with Crippen molar-refractivity contribution in [1.29, 1.82) is 0 Å². The molecule has 0 spiro atoms. The third kappa shape index (κ3) is 6.62. The molecule has 1 fully saturated rings. The van der Waals surface area contributed by atoms with Crippen LogP contribution in [0.5, 0.6) is 0 Å². The number of aliphatic carboxylic acids is 1. The van der Waals surface area contributed by atoms with Gasteiger partial charge in [-0.2, -0.15) is 13.2 Å². The predicted octanol–water partition coefficient (Wildman–Crippen LogP) is 5.60. The van der Waals surface area contributed by atoms with Crippen LogP contribution in [0, 0.1) is 11.6 Å². The Morgan fingerprint density at radius 2 is 1.51 bits per heavy atom. The first-order chi connectivity index (χ1) is 19.9. The number of nitrogens with one attached hydrogen (secondary N) is 2. The van der Waals surface area contributed by atoms with Crippen LogP contribution >= 0.6 is 0 Å². The number of hydrogen-bond acceptors (Lipinski definition) is 5. The second kappa shape index (κ2) is 11.8. The van der Waals surface area contributed by atoms with Gasteiger partial charge in [-0.3, -0.25) is 4.79 Å². The van der Waals surface area contributed by atoms with Gasteiger partial charge >= 0.3 is 19.3 Å². The number of benzene rings is 3. The molecule has 0 aromatic heterocycles. The lowest BCUT2D eigenvalue weighted by atomic mass is 9.75. The van der Waals surface area contributed by atoms with Crippen LogP contribution in [-0.4, -0.2) is 53.6 Å². The summed E-state index contributed by atoms with van der Waals surface area (Å²) in [5.74, 6) is -5.71. The third-order valence-corrected chi connectivity index (χ3v) is 8.00. The molecule has 7 nitrogen and oxygen atoms in total. The van der Waals surface area contributed by atoms with Crippen molar-refractivity contribution < 1.29 is 46.0 Å². The molecule has 0 radical (unpaired) electrons. The zero-order chi connectivity index (χ0) is 31.9. The average molecular weight is 606 g/mol. The standard InChI is InChI=1S/C30H32BF5N2O5/c1-6-24(30(34,35)36)37-17-14-21(32)25(22(33)15-17)26(39)38-23(27(40)41)13-16-11-12-20(19-10-8-7-9-18(16)19)31-42-28(2,3)29(4,5)43-31/h7-12,14-15,23-24,37H,6,13H2,1-5H3,(H,38,39)(H,40,41)/t23-,24+/m0/s1. The molecule has 43 heavy (non-hydrogen) atoms. The highest BCUT2D eigenvalue weighted by molar-refractivity contribution is 6.65. The molecule has 1 heterocycles. The van der Waals surface area contributed by atoms with Gasteiger partial charge in [0.15, 0.2) is 0 Å². The summed E-state index contributed by atoms with van der Waals surface area (Å²) in [6, 6.07) is 8.06. The van der Waals surface area contributed by atoms with E-state index < -0.39 is 77.8 Å². The van der Waals surface area contributed by atoms with Crippen LogP contribution < -0.4 is 16.1 Å². The van der Waals surface area contributed by atoms with Crippen LogP contribution in [0.1, 0.15) is 57.0 Å². The number of alkyl halides is 3. The molecule has 0 saturated carbocycles. The smallest absolute Gasteiger partial charge is 0.480 e. The lowest BCUT2D eigenvalue weighted by molar-refractivity contribution is -0.143. The highest BCUT2D eigenvalue weighted by Gasteiger charge is 2.52. The Balaban J connectivity index is 1.59. The normalized spacial score (nSPS) is 17.5. The molecule has 230 valence electrons. The molecule has 0 aliphatic carbocycles. The van der Waals surface area contributed by atoms with E-state index in [2.05, 4.69) is 5.32 Å². The Kier molecular flexibility index (Phi) is 8.81. The maximum Gasteiger partial charge on any atom is 0.495 e. The molecule has 2 atom stereocenters. The highest BCUT2D eigenvalue weighted by Crippen LogP contribution is 2.37. The summed E-state index contributed by atoms with van der Waals surface area (Å²) in [6.45, 7) is 8.93. The summed E-state index contributed by atoms with van der Waals surface area (Å²) >= 11 is 0. The first kappa shape index (κ1) is 32.2. The topological polar surface area (TPSA) is 96.9 Å². The number of carbonyl (C=O) groups is 2. The second-order valence-corrected chi connectivity index (χ2v) is 11.5. The van der Waals surface area contributed by atoms with E-state index in [4.69, 9.17) is 9.31 Å². The Morgan fingerprint density at radius 3 is 2.02 bits per heavy atom. The number of fused-ring (bicyclic) bond motifs is 1. The molecule has 0 unspecified atom stereocenters. The minimum absolute atomic E-state index is 0.238. The highest BCUT2D eigenvalue weighted by atomic mass is 19.4. The van der Waals surface area contributed by atoms with Gasteiger partial charge in [-0.1, -0.05) is 43.3 Å². The van der Waals surface area contributed by atoms with Crippen molar-refractivity contribution in [2.24, 2.45) is 0 Å². The van der Waals surface area contributed by atoms with Crippen molar-refractivity contribution >= 4 is 40.9 Å². The molecular weight excluding hydrogens is 574 g/mol. The van der Waals surface area contributed by atoms with Crippen molar-refractivity contribution in [3.05, 3.63) is 71.3 Å². The zero-order valence-electron chi connectivity index (χ0n) is 24.2. The van der Waals surface area contributed by atoms with Crippen LogP contribution in [0.15, 0.2) is 48.5 Å². The van der Waals surface area contributed by atoms with Crippen LogP contribution in [0.25, 0.3) is 10.8 Å². The number of amides is 1. The van der Waals surface area contributed by atoms with Crippen LogP contribution in [0.2, 0.25) is 0 Å². The van der Waals surface area contributed by atoms with E-state index in [-0.39, 0.29) is 6.42 Å². The lowest BCUT2D eigenvalue weighted by Gasteiger charge is -2.32. The molecule has 3 aromatic carbocycles. The van der Waals surface area contributed by atoms with E-state index in [1.165, 1.54) is 6.92 Å². The van der Waals surface area contributed by atoms with Crippen molar-refractivity contribution in [1.82, 2.24) is 5.32 Å². The number of carbonyl (C=O) groups excluding carboxylic acids is 1. The first-order valence-corrected chi connectivity index (χ1v) is 13.7. The first-order valence-electron chi connectivity index (χ1n) is 13.7. The van der Waals surface area contributed by atoms with Crippen molar-refractivity contribution in [2.75, 3.05) is 5.32 Å². The summed E-state index contributed by atoms with van der Waals surface area (Å²) < 4.78 is 81.3. The van der Waals surface area contributed by atoms with E-state index in [9.17, 15) is 36.6 Å². The van der Waals surface area contributed by atoms with Gasteiger partial charge in [0, 0.05) is 12.1 Å². The fraction of sp³-hybridized carbons (Fsp3) is 0.400. The number of hydrogen-bond donors (Lipinski definition) is 3. The van der Waals surface area contributed by atoms with Crippen molar-refractivity contribution in [3.8, 4) is 0 Å². The summed E-state index contributed by atoms with van der Waals surface area (Å²) in [5, 5.41) is 15.4. The van der Waals surface area contributed by atoms with Gasteiger partial charge in [-0.15, -0.1) is 0 Å². The Hall–Kier alpha value is -3.71. The van der Waals surface area contributed by atoms with E-state index in [1.807, 2.05) is 39.1 Å². The molecule has 13 heteroatoms. The number of carboxylic acid groups (broad SMARTS) is 1. The summed E-state index contributed by atoms with van der Waals surface area (Å²) in [5.41, 5.74) is -1.56. The van der Waals surface area contributed by atoms with Gasteiger partial charge in [-0.05, 0) is 68.0 Å². The number of carboxylic acids is 1. The summed E-state index contributed by atoms with van der Waals surface area (Å²) in [6.07, 6.45) is -5.31. The second-order valence-electron chi connectivity index (χ2n) is 11.5. The number of halogens is 5. The van der Waals surface area contributed by atoms with Crippen LogP contribution in [-0.2, 0) is 20.5 Å². The Morgan fingerprint density at radius 1 is 0.953 bits per heavy atom. The maximum absolute atomic E-state index is 14.8. The van der Waals surface area contributed by atoms with Gasteiger partial charge in [0.1, 0.15) is 29.3 Å². The van der Waals surface area contributed by atoms with Gasteiger partial charge in [0.2, 0.25) is 0 Å². The zero-order valence-corrected chi connectivity index (χ0v) is 24.2. The quantitative estimate of drug-likeness (QED) is 0.217. The minimum atomic E-state index is -4.67. The molecule has 1 amide bonds. The SMILES string of the molecule is CC[C@@H](Nc1cc(F)c(C(=O)N[C@@H](Cc2ccc(B3OC(C)(C)C(C)(C)O3)c3ccccc23)C(=O)O)c(F)c1)C(F)(F)F. The maximum atomic E-state index is 14.8. The Bertz CT molecular complexity index is 1510. The monoisotopic (exact) mass is 606 g/mol. The largest absolute Gasteiger partial charge is 0.495 e. The fourth-order valence-corrected chi connectivity index (χ4v) is 4.88. The molecular formula is C30H32BF5N2O5. The summed E-state index contributed by atoms with van der Waals surface area (Å²) in [4.78, 5) is 25.0. The Labute approximate surface area is 245 Å². The van der Waals surface area contributed by atoms with Crippen LogP contribution in [0.3, 0.4) is 0 Å². The molecule has 1 saturated heterocycles. The summed E-state index contributed by atoms with van der Waals surface area (Å²) in [7, 11) is -0.689. The van der Waals surface area contributed by atoms with E-state index in [0.717, 1.165) is 10.8 Å². The van der Waals surface area contributed by atoms with Crippen molar-refractivity contribution in [2.45, 2.75) is 76.9 Å². The molecule has 3 N–H and O–H groups in total. The number of anilines is 1. The van der Waals surface area contributed by atoms with Crippen molar-refractivity contribution in [3.63, 3.8) is 0 Å². The van der Waals surface area contributed by atoms with Gasteiger partial charge in [-0.25, -0.2) is 13.6 Å². The minimum Gasteiger partial charge on any atom is -0.480 e. The molecule has 1 aliphatic heterocycles. The third-order valence-electron chi connectivity index (χ3n) is 8.00. The number of rotatable bonds is 9. The molecule has 3 aromatic rings. The lowest BCUT2D eigenvalue weighted by Crippen LogP contribution is -2.43. The van der Waals surface area contributed by atoms with Crippen LogP contribution in [0.4, 0.5) is 27.6 Å². The fourth-order valence-electron chi connectivity index (χ4n) is 4.88. The predicted molar refractivity (Wildman–Crippen MR) is 152 cm³/mol. The molecule has 4 rings (SSSR count). The van der Waals surface area contributed by atoms with E-state index in [1.54, 1.807) is 30.3 Å². The van der Waals surface area contributed by atoms with Gasteiger partial charge in [0.05, 0.1) is 11.2 Å². The van der Waals surface area contributed by atoms with Gasteiger partial charge in [0.25, 0.3) is 5.91 Å².